The molecule has 0 aromatic carbocycles. The molecular formula is C6H15ClP-. The highest BCUT2D eigenvalue weighted by molar-refractivity contribution is 7.37. The molecule has 0 aliphatic heterocycles. The highest BCUT2D eigenvalue weighted by atomic mass is 35.5. The number of halogens is 1. The zero-order valence-electron chi connectivity index (χ0n) is 5.71. The van der Waals surface area contributed by atoms with E-state index in [4.69, 9.17) is 0 Å². The summed E-state index contributed by atoms with van der Waals surface area (Å²) < 4.78 is 0. The van der Waals surface area contributed by atoms with Crippen LogP contribution in [0.3, 0.4) is 0 Å². The molecule has 0 saturated carbocycles. The molecule has 8 heavy (non-hydrogen) atoms. The highest BCUT2D eigenvalue weighted by Crippen LogP contribution is 2.10. The summed E-state index contributed by atoms with van der Waals surface area (Å²) >= 11 is 0. The third kappa shape index (κ3) is 9.87. The summed E-state index contributed by atoms with van der Waals surface area (Å²) in [5, 5.41) is 0. The second-order valence-corrected chi connectivity index (χ2v) is 3.25. The molecule has 0 rings (SSSR count). The quantitative estimate of drug-likeness (QED) is 0.377. The fourth-order valence-electron chi connectivity index (χ4n) is 0.479. The Morgan fingerprint density at radius 2 is 1.38 bits per heavy atom. The van der Waals surface area contributed by atoms with Crippen molar-refractivity contribution in [1.29, 1.82) is 0 Å². The van der Waals surface area contributed by atoms with Crippen molar-refractivity contribution in [2.45, 2.75) is 26.7 Å². The first-order valence-electron chi connectivity index (χ1n) is 3.12. The van der Waals surface area contributed by atoms with Gasteiger partial charge in [-0.05, 0) is 12.3 Å². The maximum absolute atomic E-state index is 2.25. The third-order valence-corrected chi connectivity index (χ3v) is 2.56. The van der Waals surface area contributed by atoms with Gasteiger partial charge in [0.2, 0.25) is 0 Å². The van der Waals surface area contributed by atoms with Gasteiger partial charge in [-0.15, -0.1) is 8.58 Å². The van der Waals surface area contributed by atoms with Gasteiger partial charge < -0.3 is 12.4 Å². The second-order valence-electron chi connectivity index (χ2n) is 1.75. The molecule has 0 amide bonds. The molecule has 0 bridgehead atoms. The van der Waals surface area contributed by atoms with Crippen LogP contribution in [-0.4, -0.2) is 12.3 Å². The summed E-state index contributed by atoms with van der Waals surface area (Å²) in [4.78, 5) is 0. The van der Waals surface area contributed by atoms with E-state index in [1.54, 1.807) is 0 Å². The van der Waals surface area contributed by atoms with E-state index in [2.05, 4.69) is 13.8 Å². The van der Waals surface area contributed by atoms with Crippen LogP contribution in [-0.2, 0) is 0 Å². The van der Waals surface area contributed by atoms with E-state index in [9.17, 15) is 0 Å². The molecule has 0 radical (unpaired) electrons. The van der Waals surface area contributed by atoms with Crippen molar-refractivity contribution in [1.82, 2.24) is 0 Å². The monoisotopic (exact) mass is 153 g/mol. The molecule has 0 aliphatic carbocycles. The molecule has 0 aliphatic rings. The van der Waals surface area contributed by atoms with Gasteiger partial charge in [0.05, 0.1) is 0 Å². The van der Waals surface area contributed by atoms with E-state index in [-0.39, 0.29) is 12.4 Å². The lowest BCUT2D eigenvalue weighted by Crippen LogP contribution is -3.00. The van der Waals surface area contributed by atoms with E-state index in [0.717, 1.165) is 0 Å². The van der Waals surface area contributed by atoms with E-state index < -0.39 is 0 Å². The lowest BCUT2D eigenvalue weighted by Gasteiger charge is -1.91. The van der Waals surface area contributed by atoms with E-state index >= 15 is 0 Å². The van der Waals surface area contributed by atoms with Gasteiger partial charge in [-0.25, -0.2) is 0 Å². The maximum Gasteiger partial charge on any atom is -0.0356 e. The maximum atomic E-state index is 2.25. The molecular weight excluding hydrogens is 138 g/mol. The molecule has 2 heteroatoms. The standard InChI is InChI=1S/C6H15P.ClH/c1-3-5-7-6-4-2;/h7H,3-6H2,1-2H3;1H/p-1. The number of hydrogen-bond donors (Lipinski definition) is 0. The van der Waals surface area contributed by atoms with Crippen molar-refractivity contribution >= 4 is 8.58 Å². The van der Waals surface area contributed by atoms with Crippen LogP contribution in [0.15, 0.2) is 0 Å². The number of hydrogen-bond acceptors (Lipinski definition) is 0. The fraction of sp³-hybridized carbons (Fsp3) is 1.00. The van der Waals surface area contributed by atoms with Crippen LogP contribution < -0.4 is 12.4 Å². The average molecular weight is 154 g/mol. The van der Waals surface area contributed by atoms with Gasteiger partial charge in [-0.3, -0.25) is 0 Å². The molecule has 0 nitrogen and oxygen atoms in total. The van der Waals surface area contributed by atoms with Crippen LogP contribution >= 0.6 is 8.58 Å². The van der Waals surface area contributed by atoms with Crippen molar-refractivity contribution < 1.29 is 12.4 Å². The molecule has 52 valence electrons. The van der Waals surface area contributed by atoms with Gasteiger partial charge >= 0.3 is 0 Å². The highest BCUT2D eigenvalue weighted by Gasteiger charge is 1.79. The minimum absolute atomic E-state index is 0. The lowest BCUT2D eigenvalue weighted by atomic mass is 10.6. The van der Waals surface area contributed by atoms with Gasteiger partial charge in [0.25, 0.3) is 0 Å². The minimum Gasteiger partial charge on any atom is -1.00 e. The third-order valence-electron chi connectivity index (χ3n) is 0.854. The Bertz CT molecular complexity index is 27.7. The van der Waals surface area contributed by atoms with Gasteiger partial charge in [0.1, 0.15) is 0 Å². The van der Waals surface area contributed by atoms with Crippen LogP contribution in [0, 0.1) is 0 Å². The van der Waals surface area contributed by atoms with Crippen LogP contribution in [0.5, 0.6) is 0 Å². The van der Waals surface area contributed by atoms with Gasteiger partial charge in [-0.1, -0.05) is 26.7 Å². The van der Waals surface area contributed by atoms with E-state index in [1.165, 1.54) is 33.7 Å². The van der Waals surface area contributed by atoms with Crippen molar-refractivity contribution in [3.63, 3.8) is 0 Å². The first-order valence-corrected chi connectivity index (χ1v) is 4.54. The summed E-state index contributed by atoms with van der Waals surface area (Å²) in [6.45, 7) is 4.51. The summed E-state index contributed by atoms with van der Waals surface area (Å²) in [6, 6.07) is 0. The zero-order chi connectivity index (χ0) is 5.54. The van der Waals surface area contributed by atoms with Crippen LogP contribution in [0.2, 0.25) is 0 Å². The lowest BCUT2D eigenvalue weighted by molar-refractivity contribution is -0.00000161. The topological polar surface area (TPSA) is 0 Å². The first-order chi connectivity index (χ1) is 3.41. The molecule has 0 aromatic heterocycles. The van der Waals surface area contributed by atoms with Crippen molar-refractivity contribution in [3.8, 4) is 0 Å². The average Bonchev–Trinajstić information content (AvgIpc) is 1.69. The van der Waals surface area contributed by atoms with Crippen molar-refractivity contribution in [3.05, 3.63) is 0 Å². The Balaban J connectivity index is 0. The summed E-state index contributed by atoms with van der Waals surface area (Å²) in [7, 11) is 1.23. The van der Waals surface area contributed by atoms with E-state index in [0.29, 0.717) is 0 Å². The molecule has 0 saturated heterocycles. The van der Waals surface area contributed by atoms with Gasteiger partial charge in [0.15, 0.2) is 0 Å². The van der Waals surface area contributed by atoms with Gasteiger partial charge in [-0.2, -0.15) is 0 Å². The Kier molecular flexibility index (Phi) is 15.3. The Hall–Kier alpha value is 0.720. The Morgan fingerprint density at radius 3 is 1.62 bits per heavy atom. The largest absolute Gasteiger partial charge is 1.00 e. The Morgan fingerprint density at radius 1 is 1.00 bits per heavy atom. The van der Waals surface area contributed by atoms with Crippen molar-refractivity contribution in [2.24, 2.45) is 0 Å². The fourth-order valence-corrected chi connectivity index (χ4v) is 1.44. The first kappa shape index (κ1) is 11.5. The zero-order valence-corrected chi connectivity index (χ0v) is 7.46. The van der Waals surface area contributed by atoms with Gasteiger partial charge in [0, 0.05) is 0 Å². The smallest absolute Gasteiger partial charge is 0.0356 e. The van der Waals surface area contributed by atoms with Crippen LogP contribution in [0.4, 0.5) is 0 Å². The second kappa shape index (κ2) is 10.7. The normalized spacial score (nSPS) is 8.25. The van der Waals surface area contributed by atoms with Crippen LogP contribution in [0.1, 0.15) is 26.7 Å². The summed E-state index contributed by atoms with van der Waals surface area (Å²) in [5.41, 5.74) is 0. The molecule has 0 fully saturated rings. The Labute approximate surface area is 60.6 Å². The van der Waals surface area contributed by atoms with E-state index in [1.807, 2.05) is 0 Å². The molecule has 0 aromatic rings. The molecule has 0 N–H and O–H groups in total. The molecule has 0 spiro atoms. The molecule has 0 atom stereocenters. The summed E-state index contributed by atoms with van der Waals surface area (Å²) in [5.74, 6) is 0. The van der Waals surface area contributed by atoms with Crippen LogP contribution in [0.25, 0.3) is 0 Å². The SMILES string of the molecule is CCCPCCC.[Cl-]. The number of rotatable bonds is 4. The van der Waals surface area contributed by atoms with Crippen molar-refractivity contribution in [2.75, 3.05) is 12.3 Å². The summed E-state index contributed by atoms with van der Waals surface area (Å²) in [6.07, 6.45) is 5.65. The molecule has 0 heterocycles. The predicted molar refractivity (Wildman–Crippen MR) is 38.6 cm³/mol. The minimum atomic E-state index is 0. The predicted octanol–water partition coefficient (Wildman–Crippen LogP) is -0.511. The molecule has 0 unspecified atom stereocenters.